The number of carbonyl (C=O) groups excluding carboxylic acids is 1. The van der Waals surface area contributed by atoms with Crippen LogP contribution >= 0.6 is 27.3 Å². The second kappa shape index (κ2) is 5.11. The average Bonchev–Trinajstić information content (AvgIpc) is 2.76. The predicted molar refractivity (Wildman–Crippen MR) is 75.6 cm³/mol. The van der Waals surface area contributed by atoms with Gasteiger partial charge < -0.3 is 4.90 Å². The Hall–Kier alpha value is -0.350. The van der Waals surface area contributed by atoms with Gasteiger partial charge in [-0.25, -0.2) is 0 Å². The molecule has 94 valence electrons. The number of hydrogen-bond donors (Lipinski definition) is 0. The number of nitrogens with zero attached hydrogens (tertiary/aromatic N) is 1. The van der Waals surface area contributed by atoms with Crippen molar-refractivity contribution in [3.63, 3.8) is 0 Å². The van der Waals surface area contributed by atoms with Gasteiger partial charge in [-0.05, 0) is 40.3 Å². The Labute approximate surface area is 115 Å². The summed E-state index contributed by atoms with van der Waals surface area (Å²) >= 11 is 4.97. The number of amides is 1. The summed E-state index contributed by atoms with van der Waals surface area (Å²) in [5.74, 6) is 0.185. The lowest BCUT2D eigenvalue weighted by Gasteiger charge is -2.38. The van der Waals surface area contributed by atoms with E-state index in [1.807, 2.05) is 16.3 Å². The fourth-order valence-electron chi connectivity index (χ4n) is 2.21. The molecule has 0 aliphatic carbocycles. The van der Waals surface area contributed by atoms with Crippen LogP contribution in [-0.2, 0) is 0 Å². The van der Waals surface area contributed by atoms with Crippen LogP contribution in [0.2, 0.25) is 0 Å². The Bertz CT molecular complexity index is 407. The normalized spacial score (nSPS) is 19.4. The number of thiophene rings is 1. The van der Waals surface area contributed by atoms with Gasteiger partial charge in [0.25, 0.3) is 5.91 Å². The number of carbonyl (C=O) groups is 1. The fourth-order valence-corrected chi connectivity index (χ4v) is 3.34. The van der Waals surface area contributed by atoms with Gasteiger partial charge in [-0.2, -0.15) is 0 Å². The Morgan fingerprint density at radius 3 is 2.65 bits per heavy atom. The Kier molecular flexibility index (Phi) is 3.93. The predicted octanol–water partition coefficient (Wildman–Crippen LogP) is 4.16. The first-order valence-corrected chi connectivity index (χ1v) is 7.75. The monoisotopic (exact) mass is 315 g/mol. The number of hydrogen-bond acceptors (Lipinski definition) is 2. The number of halogens is 1. The van der Waals surface area contributed by atoms with Crippen molar-refractivity contribution in [1.82, 2.24) is 4.90 Å². The highest BCUT2D eigenvalue weighted by molar-refractivity contribution is 9.11. The molecular formula is C13H18BrNOS. The first-order chi connectivity index (χ1) is 8.04. The molecule has 1 aromatic heterocycles. The highest BCUT2D eigenvalue weighted by Crippen LogP contribution is 2.34. The minimum Gasteiger partial charge on any atom is -0.339 e. The van der Waals surface area contributed by atoms with E-state index in [1.54, 1.807) is 11.3 Å². The first-order valence-electron chi connectivity index (χ1n) is 6.07. The van der Waals surface area contributed by atoms with Gasteiger partial charge in [0.15, 0.2) is 0 Å². The van der Waals surface area contributed by atoms with Gasteiger partial charge in [-0.15, -0.1) is 11.3 Å². The van der Waals surface area contributed by atoms with Crippen LogP contribution in [0.1, 0.15) is 43.5 Å². The first kappa shape index (κ1) is 13.1. The minimum atomic E-state index is 0.185. The third kappa shape index (κ3) is 2.91. The summed E-state index contributed by atoms with van der Waals surface area (Å²) in [6.45, 7) is 6.37. The average molecular weight is 316 g/mol. The van der Waals surface area contributed by atoms with Crippen LogP contribution in [0, 0.1) is 5.41 Å². The molecule has 0 N–H and O–H groups in total. The molecule has 1 amide bonds. The molecule has 0 unspecified atom stereocenters. The number of rotatable bonds is 2. The standard InChI is InChI=1S/C13H18BrNOS/c1-3-13(2)4-6-15(7-5-13)12(16)10-8-11(14)17-9-10/h8-9H,3-7H2,1-2H3. The zero-order valence-electron chi connectivity index (χ0n) is 10.3. The van der Waals surface area contributed by atoms with Crippen LogP contribution in [0.5, 0.6) is 0 Å². The molecule has 1 fully saturated rings. The van der Waals surface area contributed by atoms with E-state index in [2.05, 4.69) is 29.8 Å². The van der Waals surface area contributed by atoms with Gasteiger partial charge in [-0.1, -0.05) is 20.3 Å². The number of piperidine rings is 1. The zero-order valence-corrected chi connectivity index (χ0v) is 12.7. The quantitative estimate of drug-likeness (QED) is 0.802. The van der Waals surface area contributed by atoms with E-state index in [0.29, 0.717) is 5.41 Å². The van der Waals surface area contributed by atoms with Crippen molar-refractivity contribution in [2.45, 2.75) is 33.1 Å². The van der Waals surface area contributed by atoms with Crippen LogP contribution in [0.4, 0.5) is 0 Å². The molecule has 0 aromatic carbocycles. The smallest absolute Gasteiger partial charge is 0.254 e. The molecule has 0 spiro atoms. The summed E-state index contributed by atoms with van der Waals surface area (Å²) in [5.41, 5.74) is 1.26. The van der Waals surface area contributed by atoms with Crippen molar-refractivity contribution in [3.8, 4) is 0 Å². The topological polar surface area (TPSA) is 20.3 Å². The molecule has 2 nitrogen and oxygen atoms in total. The van der Waals surface area contributed by atoms with Crippen LogP contribution in [-0.4, -0.2) is 23.9 Å². The lowest BCUT2D eigenvalue weighted by Crippen LogP contribution is -2.41. The summed E-state index contributed by atoms with van der Waals surface area (Å²) in [7, 11) is 0. The van der Waals surface area contributed by atoms with Crippen LogP contribution in [0.3, 0.4) is 0 Å². The van der Waals surface area contributed by atoms with Gasteiger partial charge in [0, 0.05) is 18.5 Å². The van der Waals surface area contributed by atoms with E-state index < -0.39 is 0 Å². The van der Waals surface area contributed by atoms with E-state index >= 15 is 0 Å². The van der Waals surface area contributed by atoms with Gasteiger partial charge in [-0.3, -0.25) is 4.79 Å². The van der Waals surface area contributed by atoms with Crippen LogP contribution in [0.15, 0.2) is 15.2 Å². The molecular weight excluding hydrogens is 298 g/mol. The molecule has 1 aromatic rings. The maximum Gasteiger partial charge on any atom is 0.254 e. The van der Waals surface area contributed by atoms with Crippen molar-refractivity contribution in [2.75, 3.05) is 13.1 Å². The molecule has 1 aliphatic rings. The summed E-state index contributed by atoms with van der Waals surface area (Å²) in [4.78, 5) is 14.2. The summed E-state index contributed by atoms with van der Waals surface area (Å²) in [5, 5.41) is 1.93. The van der Waals surface area contributed by atoms with Crippen LogP contribution in [0.25, 0.3) is 0 Å². The number of likely N-dealkylation sites (tertiary alicyclic amines) is 1. The summed E-state index contributed by atoms with van der Waals surface area (Å²) in [6, 6.07) is 1.92. The zero-order chi connectivity index (χ0) is 12.5. The maximum absolute atomic E-state index is 12.2. The van der Waals surface area contributed by atoms with Gasteiger partial charge >= 0.3 is 0 Å². The Morgan fingerprint density at radius 1 is 1.53 bits per heavy atom. The van der Waals surface area contributed by atoms with Crippen molar-refractivity contribution < 1.29 is 4.79 Å². The van der Waals surface area contributed by atoms with Gasteiger partial charge in [0.05, 0.1) is 9.35 Å². The van der Waals surface area contributed by atoms with Crippen molar-refractivity contribution in [3.05, 3.63) is 20.8 Å². The maximum atomic E-state index is 12.2. The molecule has 4 heteroatoms. The SMILES string of the molecule is CCC1(C)CCN(C(=O)c2csc(Br)c2)CC1. The second-order valence-corrected chi connectivity index (χ2v) is 7.39. The van der Waals surface area contributed by atoms with E-state index in [0.717, 1.165) is 35.3 Å². The molecule has 1 aliphatic heterocycles. The molecule has 0 saturated carbocycles. The summed E-state index contributed by atoms with van der Waals surface area (Å²) < 4.78 is 1.02. The fraction of sp³-hybridized carbons (Fsp3) is 0.615. The molecule has 0 bridgehead atoms. The largest absolute Gasteiger partial charge is 0.339 e. The third-order valence-electron chi connectivity index (χ3n) is 3.93. The van der Waals surface area contributed by atoms with Crippen molar-refractivity contribution in [1.29, 1.82) is 0 Å². The lowest BCUT2D eigenvalue weighted by molar-refractivity contribution is 0.0601. The Morgan fingerprint density at radius 2 is 2.18 bits per heavy atom. The molecule has 17 heavy (non-hydrogen) atoms. The highest BCUT2D eigenvalue weighted by atomic mass is 79.9. The third-order valence-corrected chi connectivity index (χ3v) is 5.43. The van der Waals surface area contributed by atoms with Crippen molar-refractivity contribution >= 4 is 33.2 Å². The highest BCUT2D eigenvalue weighted by Gasteiger charge is 2.30. The van der Waals surface area contributed by atoms with Crippen molar-refractivity contribution in [2.24, 2.45) is 5.41 Å². The van der Waals surface area contributed by atoms with Crippen LogP contribution < -0.4 is 0 Å². The summed E-state index contributed by atoms with van der Waals surface area (Å²) in [6.07, 6.45) is 3.46. The molecule has 2 rings (SSSR count). The Balaban J connectivity index is 1.99. The van der Waals surface area contributed by atoms with Gasteiger partial charge in [0.2, 0.25) is 0 Å². The minimum absolute atomic E-state index is 0.185. The van der Waals surface area contributed by atoms with E-state index in [9.17, 15) is 4.79 Å². The van der Waals surface area contributed by atoms with E-state index in [4.69, 9.17) is 0 Å². The molecule has 2 heterocycles. The lowest BCUT2D eigenvalue weighted by atomic mass is 9.78. The van der Waals surface area contributed by atoms with E-state index in [-0.39, 0.29) is 5.91 Å². The second-order valence-electron chi connectivity index (χ2n) is 5.10. The molecule has 1 saturated heterocycles. The molecule has 0 atom stereocenters. The van der Waals surface area contributed by atoms with Gasteiger partial charge in [0.1, 0.15) is 0 Å². The molecule has 0 radical (unpaired) electrons. The van der Waals surface area contributed by atoms with E-state index in [1.165, 1.54) is 6.42 Å².